The Morgan fingerprint density at radius 1 is 0.844 bits per heavy atom. The second-order valence-corrected chi connectivity index (χ2v) is 8.45. The van der Waals surface area contributed by atoms with Gasteiger partial charge in [0.25, 0.3) is 5.91 Å². The smallest absolute Gasteiger partial charge is 0.266 e. The number of hydroxylamine groups is 1. The molecule has 2 saturated heterocycles. The number of carbonyl (C=O) groups is 2. The molecule has 6 nitrogen and oxygen atoms in total. The molecule has 2 amide bonds. The van der Waals surface area contributed by atoms with E-state index in [1.165, 1.54) is 0 Å². The van der Waals surface area contributed by atoms with Crippen LogP contribution in [0.25, 0.3) is 0 Å². The van der Waals surface area contributed by atoms with Crippen LogP contribution in [0.15, 0.2) is 72.8 Å². The molecule has 0 spiro atoms. The standard InChI is InChI=1S/C24H18Cl2N2O4/c1-31-19-9-5-6-14(10-19)21-20-22(32-28(21)17-7-3-2-4-8-17)24(30)27(23(20)29)18-12-15(25)11-16(26)13-18/h2-13,20-22H,1H3/t20-,21-,22-/m0/s1. The van der Waals surface area contributed by atoms with E-state index in [9.17, 15) is 9.59 Å². The highest BCUT2D eigenvalue weighted by atomic mass is 35.5. The Balaban J connectivity index is 1.60. The van der Waals surface area contributed by atoms with E-state index in [2.05, 4.69) is 0 Å². The van der Waals surface area contributed by atoms with Gasteiger partial charge in [0.05, 0.1) is 24.5 Å². The van der Waals surface area contributed by atoms with Crippen molar-refractivity contribution in [2.45, 2.75) is 12.1 Å². The molecular formula is C24H18Cl2N2O4. The fourth-order valence-electron chi connectivity index (χ4n) is 4.30. The van der Waals surface area contributed by atoms with E-state index in [4.69, 9.17) is 32.8 Å². The lowest BCUT2D eigenvalue weighted by Crippen LogP contribution is -2.37. The van der Waals surface area contributed by atoms with Gasteiger partial charge in [0.2, 0.25) is 5.91 Å². The first kappa shape index (κ1) is 20.8. The van der Waals surface area contributed by atoms with Crippen molar-refractivity contribution in [3.05, 3.63) is 88.4 Å². The third-order valence-electron chi connectivity index (χ3n) is 5.67. The van der Waals surface area contributed by atoms with E-state index in [1.54, 1.807) is 30.4 Å². The number of carbonyl (C=O) groups excluding carboxylic acids is 2. The van der Waals surface area contributed by atoms with Crippen LogP contribution in [0.4, 0.5) is 11.4 Å². The summed E-state index contributed by atoms with van der Waals surface area (Å²) < 4.78 is 5.38. The molecule has 3 aromatic carbocycles. The highest BCUT2D eigenvalue weighted by Crippen LogP contribution is 2.48. The van der Waals surface area contributed by atoms with Gasteiger partial charge in [0, 0.05) is 10.0 Å². The molecule has 3 atom stereocenters. The van der Waals surface area contributed by atoms with Crippen molar-refractivity contribution >= 4 is 46.4 Å². The average Bonchev–Trinajstić information content (AvgIpc) is 3.30. The molecule has 162 valence electrons. The first-order chi connectivity index (χ1) is 15.5. The maximum absolute atomic E-state index is 13.6. The summed E-state index contributed by atoms with van der Waals surface area (Å²) in [5, 5.41) is 2.31. The minimum Gasteiger partial charge on any atom is -0.497 e. The fraction of sp³-hybridized carbons (Fsp3) is 0.167. The van der Waals surface area contributed by atoms with Gasteiger partial charge in [-0.05, 0) is 48.0 Å². The van der Waals surface area contributed by atoms with Crippen LogP contribution in [0.1, 0.15) is 11.6 Å². The zero-order valence-corrected chi connectivity index (χ0v) is 18.5. The number of nitrogens with zero attached hydrogens (tertiary/aromatic N) is 2. The molecule has 0 radical (unpaired) electrons. The molecule has 0 saturated carbocycles. The molecule has 2 aliphatic heterocycles. The number of anilines is 2. The van der Waals surface area contributed by atoms with E-state index in [0.717, 1.165) is 16.2 Å². The summed E-state index contributed by atoms with van der Waals surface area (Å²) in [6.45, 7) is 0. The van der Waals surface area contributed by atoms with Gasteiger partial charge in [-0.15, -0.1) is 0 Å². The van der Waals surface area contributed by atoms with Gasteiger partial charge in [-0.3, -0.25) is 14.4 Å². The second kappa shape index (κ2) is 8.13. The van der Waals surface area contributed by atoms with E-state index in [0.29, 0.717) is 21.5 Å². The van der Waals surface area contributed by atoms with E-state index in [-0.39, 0.29) is 5.91 Å². The van der Waals surface area contributed by atoms with Gasteiger partial charge in [0.15, 0.2) is 6.10 Å². The molecule has 2 heterocycles. The quantitative estimate of drug-likeness (QED) is 0.501. The summed E-state index contributed by atoms with van der Waals surface area (Å²) >= 11 is 12.2. The summed E-state index contributed by atoms with van der Waals surface area (Å²) in [6.07, 6.45) is -0.975. The molecular weight excluding hydrogens is 451 g/mol. The number of ether oxygens (including phenoxy) is 1. The Kier molecular flexibility index (Phi) is 5.29. The lowest BCUT2D eigenvalue weighted by molar-refractivity contribution is -0.126. The Morgan fingerprint density at radius 2 is 1.56 bits per heavy atom. The zero-order chi connectivity index (χ0) is 22.4. The lowest BCUT2D eigenvalue weighted by atomic mass is 9.90. The number of benzene rings is 3. The molecule has 0 aliphatic carbocycles. The van der Waals surface area contributed by atoms with Crippen LogP contribution in [0.2, 0.25) is 10.0 Å². The summed E-state index contributed by atoms with van der Waals surface area (Å²) in [5.74, 6) is -0.934. The van der Waals surface area contributed by atoms with Crippen LogP contribution >= 0.6 is 23.2 Å². The molecule has 3 aromatic rings. The zero-order valence-electron chi connectivity index (χ0n) is 16.9. The van der Waals surface area contributed by atoms with Crippen molar-refractivity contribution in [1.29, 1.82) is 0 Å². The first-order valence-corrected chi connectivity index (χ1v) is 10.7. The molecule has 8 heteroatoms. The van der Waals surface area contributed by atoms with Gasteiger partial charge >= 0.3 is 0 Å². The molecule has 2 fully saturated rings. The van der Waals surface area contributed by atoms with Crippen molar-refractivity contribution < 1.29 is 19.2 Å². The first-order valence-electron chi connectivity index (χ1n) is 9.97. The molecule has 0 unspecified atom stereocenters. The predicted molar refractivity (Wildman–Crippen MR) is 122 cm³/mol. The van der Waals surface area contributed by atoms with Crippen molar-refractivity contribution in [1.82, 2.24) is 0 Å². The Labute approximate surface area is 194 Å². The van der Waals surface area contributed by atoms with Crippen molar-refractivity contribution in [2.24, 2.45) is 5.92 Å². The number of hydrogen-bond acceptors (Lipinski definition) is 5. The number of methoxy groups -OCH3 is 1. The number of imide groups is 1. The van der Waals surface area contributed by atoms with Crippen LogP contribution in [-0.2, 0) is 14.4 Å². The highest BCUT2D eigenvalue weighted by molar-refractivity contribution is 6.35. The number of amides is 2. The Hall–Kier alpha value is -3.06. The molecule has 0 N–H and O–H groups in total. The SMILES string of the molecule is COc1cccc([C@H]2[C@@H]3C(=O)N(c4cc(Cl)cc(Cl)c4)C(=O)[C@H]3ON2c2ccccc2)c1. The molecule has 32 heavy (non-hydrogen) atoms. The summed E-state index contributed by atoms with van der Waals surface area (Å²) in [5.41, 5.74) is 1.87. The van der Waals surface area contributed by atoms with Gasteiger partial charge in [0.1, 0.15) is 11.7 Å². The van der Waals surface area contributed by atoms with Gasteiger partial charge < -0.3 is 4.74 Å². The maximum atomic E-state index is 13.6. The van der Waals surface area contributed by atoms with Crippen LogP contribution in [0.3, 0.4) is 0 Å². The van der Waals surface area contributed by atoms with Crippen LogP contribution in [0.5, 0.6) is 5.75 Å². The minimum absolute atomic E-state index is 0.325. The number of halogens is 2. The highest BCUT2D eigenvalue weighted by Gasteiger charge is 2.60. The second-order valence-electron chi connectivity index (χ2n) is 7.57. The van der Waals surface area contributed by atoms with E-state index < -0.39 is 24.0 Å². The molecule has 2 aliphatic rings. The lowest BCUT2D eigenvalue weighted by Gasteiger charge is -2.29. The van der Waals surface area contributed by atoms with Crippen LogP contribution in [-0.4, -0.2) is 25.0 Å². The van der Waals surface area contributed by atoms with Gasteiger partial charge in [-0.25, -0.2) is 9.96 Å². The third kappa shape index (κ3) is 3.41. The normalized spacial score (nSPS) is 22.4. The van der Waals surface area contributed by atoms with Crippen molar-refractivity contribution in [3.8, 4) is 5.75 Å². The number of hydrogen-bond donors (Lipinski definition) is 0. The maximum Gasteiger partial charge on any atom is 0.266 e. The van der Waals surface area contributed by atoms with Gasteiger partial charge in [-0.1, -0.05) is 53.5 Å². The van der Waals surface area contributed by atoms with E-state index in [1.807, 2.05) is 54.6 Å². The Morgan fingerprint density at radius 3 is 2.25 bits per heavy atom. The molecule has 5 rings (SSSR count). The Bertz CT molecular complexity index is 1180. The molecule has 0 aromatic heterocycles. The fourth-order valence-corrected chi connectivity index (χ4v) is 4.82. The summed E-state index contributed by atoms with van der Waals surface area (Å²) in [4.78, 5) is 34.2. The topological polar surface area (TPSA) is 59.1 Å². The number of fused-ring (bicyclic) bond motifs is 1. The third-order valence-corrected chi connectivity index (χ3v) is 6.10. The largest absolute Gasteiger partial charge is 0.497 e. The number of rotatable bonds is 4. The predicted octanol–water partition coefficient (Wildman–Crippen LogP) is 5.05. The van der Waals surface area contributed by atoms with Crippen LogP contribution < -0.4 is 14.7 Å². The van der Waals surface area contributed by atoms with E-state index >= 15 is 0 Å². The summed E-state index contributed by atoms with van der Waals surface area (Å²) in [7, 11) is 1.58. The van der Waals surface area contributed by atoms with Gasteiger partial charge in [-0.2, -0.15) is 0 Å². The van der Waals surface area contributed by atoms with Crippen molar-refractivity contribution in [3.63, 3.8) is 0 Å². The average molecular weight is 469 g/mol. The minimum atomic E-state index is -0.975. The monoisotopic (exact) mass is 468 g/mol. The molecule has 0 bridgehead atoms. The van der Waals surface area contributed by atoms with Crippen molar-refractivity contribution in [2.75, 3.05) is 17.1 Å². The summed E-state index contributed by atoms with van der Waals surface area (Å²) in [6, 6.07) is 20.9. The van der Waals surface area contributed by atoms with Crippen LogP contribution in [0, 0.1) is 5.92 Å². The number of para-hydroxylation sites is 1.